The first-order valence-electron chi connectivity index (χ1n) is 9.19. The van der Waals surface area contributed by atoms with Gasteiger partial charge in [-0.3, -0.25) is 0 Å². The highest BCUT2D eigenvalue weighted by molar-refractivity contribution is 6.10. The van der Waals surface area contributed by atoms with Crippen molar-refractivity contribution < 1.29 is 11.3 Å². The predicted octanol–water partition coefficient (Wildman–Crippen LogP) is 3.72. The molecule has 0 amide bonds. The summed E-state index contributed by atoms with van der Waals surface area (Å²) in [5.74, 6) is 6.77. The van der Waals surface area contributed by atoms with Crippen molar-refractivity contribution in [2.45, 2.75) is 32.8 Å². The second kappa shape index (κ2) is 7.59. The maximum absolute atomic E-state index is 9.90. The van der Waals surface area contributed by atoms with Gasteiger partial charge in [-0.15, -0.1) is 0 Å². The number of nitrogens with zero attached hydrogens (tertiary/aromatic N) is 2. The summed E-state index contributed by atoms with van der Waals surface area (Å²) in [7, 11) is 4.13. The van der Waals surface area contributed by atoms with Gasteiger partial charge in [-0.2, -0.15) is 0 Å². The lowest BCUT2D eigenvalue weighted by atomic mass is 10.1. The molecule has 0 saturated heterocycles. The van der Waals surface area contributed by atoms with Gasteiger partial charge in [0.2, 0.25) is 0 Å². The third kappa shape index (κ3) is 4.60. The molecule has 0 unspecified atom stereocenters. The van der Waals surface area contributed by atoms with E-state index in [4.69, 9.17) is 4.74 Å². The van der Waals surface area contributed by atoms with Gasteiger partial charge < -0.3 is 19.7 Å². The van der Waals surface area contributed by atoms with Crippen molar-refractivity contribution in [3.63, 3.8) is 0 Å². The second-order valence-corrected chi connectivity index (χ2v) is 7.68. The number of benzene rings is 1. The maximum atomic E-state index is 9.90. The van der Waals surface area contributed by atoms with Crippen LogP contribution in [0.1, 0.15) is 33.0 Å². The van der Waals surface area contributed by atoms with Gasteiger partial charge in [0.25, 0.3) is 0 Å². The molecule has 5 nitrogen and oxygen atoms in total. The van der Waals surface area contributed by atoms with Crippen molar-refractivity contribution >= 4 is 21.8 Å². The Hall–Kier alpha value is -2.55. The van der Waals surface area contributed by atoms with Crippen LogP contribution in [0.25, 0.3) is 21.8 Å². The number of hydrogen-bond donors (Lipinski definition) is 2. The molecule has 27 heavy (non-hydrogen) atoms. The molecule has 0 spiro atoms. The Morgan fingerprint density at radius 3 is 2.78 bits per heavy atom. The lowest BCUT2D eigenvalue weighted by Crippen LogP contribution is -2.15. The Balaban J connectivity index is 0.00000280. The van der Waals surface area contributed by atoms with Crippen LogP contribution in [0.3, 0.4) is 0 Å². The van der Waals surface area contributed by atoms with E-state index in [9.17, 15) is 5.11 Å². The van der Waals surface area contributed by atoms with Crippen LogP contribution < -0.4 is 4.74 Å². The number of aryl methyl sites for hydroxylation is 1. The van der Waals surface area contributed by atoms with E-state index in [0.717, 1.165) is 46.1 Å². The van der Waals surface area contributed by atoms with E-state index in [-0.39, 0.29) is 1.43 Å². The molecule has 0 aliphatic carbocycles. The molecule has 0 aliphatic heterocycles. The third-order valence-corrected chi connectivity index (χ3v) is 4.30. The Morgan fingerprint density at radius 1 is 1.30 bits per heavy atom. The molecule has 0 saturated carbocycles. The van der Waals surface area contributed by atoms with Crippen molar-refractivity contribution in [1.82, 2.24) is 14.9 Å². The van der Waals surface area contributed by atoms with Crippen molar-refractivity contribution in [1.29, 1.82) is 0 Å². The molecule has 144 valence electrons. The van der Waals surface area contributed by atoms with Gasteiger partial charge in [0.05, 0.1) is 17.6 Å². The van der Waals surface area contributed by atoms with Crippen LogP contribution in [0.5, 0.6) is 5.75 Å². The van der Waals surface area contributed by atoms with Crippen LogP contribution in [-0.4, -0.2) is 52.8 Å². The zero-order valence-corrected chi connectivity index (χ0v) is 16.7. The number of aromatic nitrogens is 2. The largest absolute Gasteiger partial charge is 0.493 e. The van der Waals surface area contributed by atoms with Crippen molar-refractivity contribution in [3.05, 3.63) is 35.7 Å². The highest BCUT2D eigenvalue weighted by atomic mass is 16.5. The molecule has 0 bridgehead atoms. The molecular formula is C22H29N3O2. The Kier molecular flexibility index (Phi) is 5.41. The molecule has 5 heteroatoms. The van der Waals surface area contributed by atoms with Gasteiger partial charge in [0.15, 0.2) is 0 Å². The fourth-order valence-corrected chi connectivity index (χ4v) is 3.01. The number of fused-ring (bicyclic) bond motifs is 3. The molecule has 2 N–H and O–H groups in total. The van der Waals surface area contributed by atoms with E-state index in [1.165, 1.54) is 0 Å². The quantitative estimate of drug-likeness (QED) is 0.533. The van der Waals surface area contributed by atoms with Gasteiger partial charge in [0.1, 0.15) is 17.0 Å². The zero-order valence-electron chi connectivity index (χ0n) is 16.7. The lowest BCUT2D eigenvalue weighted by Gasteiger charge is -2.12. The fraction of sp³-hybridized carbons (Fsp3) is 0.409. The molecule has 3 aromatic rings. The highest BCUT2D eigenvalue weighted by Gasteiger charge is 2.13. The summed E-state index contributed by atoms with van der Waals surface area (Å²) in [5, 5.41) is 11.9. The van der Waals surface area contributed by atoms with Crippen molar-refractivity contribution in [2.24, 2.45) is 0 Å². The average Bonchev–Trinajstić information content (AvgIpc) is 2.94. The number of H-pyrrole nitrogens is 1. The minimum atomic E-state index is -1.06. The number of aromatic amines is 1. The van der Waals surface area contributed by atoms with Gasteiger partial charge in [-0.25, -0.2) is 4.98 Å². The summed E-state index contributed by atoms with van der Waals surface area (Å²) in [6, 6.07) is 6.11. The first kappa shape index (κ1) is 19.2. The van der Waals surface area contributed by atoms with E-state index in [1.54, 1.807) is 20.0 Å². The minimum Gasteiger partial charge on any atom is -0.493 e. The van der Waals surface area contributed by atoms with Crippen LogP contribution >= 0.6 is 0 Å². The molecule has 2 heterocycles. The summed E-state index contributed by atoms with van der Waals surface area (Å²) in [5.41, 5.74) is 2.67. The first-order valence-corrected chi connectivity index (χ1v) is 9.19. The molecule has 0 radical (unpaired) electrons. The zero-order chi connectivity index (χ0) is 19.6. The standard InChI is InChI=1S/C22H27N3O2.H2/c1-15-13-16-19(14-20(15)27-12-6-11-25(4)5)24-18-8-10-23-17(21(16)18)7-9-22(2,3)26;/h8,10,13-14,24,26H,6,11-12H2,1-5H3;1H. The molecule has 2 aromatic heterocycles. The van der Waals surface area contributed by atoms with Gasteiger partial charge in [-0.05, 0) is 64.9 Å². The minimum absolute atomic E-state index is 0. The number of aliphatic hydroxyl groups is 1. The molecule has 3 rings (SSSR count). The van der Waals surface area contributed by atoms with Crippen LogP contribution in [0.4, 0.5) is 0 Å². The number of rotatable bonds is 5. The van der Waals surface area contributed by atoms with E-state index >= 15 is 0 Å². The number of hydrogen-bond acceptors (Lipinski definition) is 4. The summed E-state index contributed by atoms with van der Waals surface area (Å²) < 4.78 is 5.99. The summed E-state index contributed by atoms with van der Waals surface area (Å²) in [4.78, 5) is 10.0. The molecule has 1 aromatic carbocycles. The Morgan fingerprint density at radius 2 is 2.07 bits per heavy atom. The Labute approximate surface area is 161 Å². The topological polar surface area (TPSA) is 61.4 Å². The Bertz CT molecular complexity index is 1020. The van der Waals surface area contributed by atoms with Crippen LogP contribution in [0, 0.1) is 18.8 Å². The van der Waals surface area contributed by atoms with E-state index in [0.29, 0.717) is 12.3 Å². The molecule has 0 atom stereocenters. The van der Waals surface area contributed by atoms with Crippen molar-refractivity contribution in [3.8, 4) is 17.6 Å². The van der Waals surface area contributed by atoms with Crippen LogP contribution in [0.2, 0.25) is 0 Å². The van der Waals surface area contributed by atoms with Crippen LogP contribution in [0.15, 0.2) is 24.4 Å². The summed E-state index contributed by atoms with van der Waals surface area (Å²) in [6.45, 7) is 7.08. The number of pyridine rings is 1. The first-order chi connectivity index (χ1) is 12.7. The SMILES string of the molecule is Cc1cc2c(cc1OCCCN(C)C)[nH]c1ccnc(C#CC(C)(C)O)c12.[HH]. The number of nitrogens with one attached hydrogen (secondary N) is 1. The van der Waals surface area contributed by atoms with Gasteiger partial charge in [0, 0.05) is 31.0 Å². The van der Waals surface area contributed by atoms with E-state index in [1.807, 2.05) is 12.1 Å². The molecule has 0 aliphatic rings. The van der Waals surface area contributed by atoms with Gasteiger partial charge in [-0.1, -0.05) is 5.92 Å². The summed E-state index contributed by atoms with van der Waals surface area (Å²) in [6.07, 6.45) is 2.72. The van der Waals surface area contributed by atoms with Crippen LogP contribution in [-0.2, 0) is 0 Å². The lowest BCUT2D eigenvalue weighted by molar-refractivity contribution is 0.143. The highest BCUT2D eigenvalue weighted by Crippen LogP contribution is 2.32. The number of ether oxygens (including phenoxy) is 1. The predicted molar refractivity (Wildman–Crippen MR) is 112 cm³/mol. The van der Waals surface area contributed by atoms with Crippen molar-refractivity contribution in [2.75, 3.05) is 27.2 Å². The average molecular weight is 367 g/mol. The summed E-state index contributed by atoms with van der Waals surface area (Å²) >= 11 is 0. The van der Waals surface area contributed by atoms with Gasteiger partial charge >= 0.3 is 0 Å². The monoisotopic (exact) mass is 367 g/mol. The fourth-order valence-electron chi connectivity index (χ4n) is 3.01. The third-order valence-electron chi connectivity index (χ3n) is 4.30. The van der Waals surface area contributed by atoms with E-state index in [2.05, 4.69) is 53.8 Å². The smallest absolute Gasteiger partial charge is 0.124 e. The maximum Gasteiger partial charge on any atom is 0.124 e. The van der Waals surface area contributed by atoms with E-state index < -0.39 is 5.60 Å². The second-order valence-electron chi connectivity index (χ2n) is 7.68. The molecular weight excluding hydrogens is 338 g/mol. The molecule has 0 fully saturated rings. The normalized spacial score (nSPS) is 11.8.